The van der Waals surface area contributed by atoms with Crippen LogP contribution in [0.15, 0.2) is 23.1 Å². The standard InChI is InChI=1S/C20H28N2O5S/c1-14-7-8-16(13-15(14)2)28(26,27)22-11-9-21(10-12-22)19(23)17-5-3-4-6-18(17)20(24)25/h7-8,13,17-18H,3-6,9-12H2,1-2H3,(H,24,25)/t17-,18+/m0/s1. The number of aryl methyl sites for hydroxylation is 2. The lowest BCUT2D eigenvalue weighted by Crippen LogP contribution is -2.53. The highest BCUT2D eigenvalue weighted by Crippen LogP contribution is 2.32. The smallest absolute Gasteiger partial charge is 0.307 e. The van der Waals surface area contributed by atoms with Crippen molar-refractivity contribution in [3.05, 3.63) is 29.3 Å². The Labute approximate surface area is 166 Å². The number of benzene rings is 1. The van der Waals surface area contributed by atoms with Gasteiger partial charge in [0.1, 0.15) is 0 Å². The van der Waals surface area contributed by atoms with Crippen molar-refractivity contribution in [3.8, 4) is 0 Å². The minimum atomic E-state index is -3.60. The fraction of sp³-hybridized carbons (Fsp3) is 0.600. The van der Waals surface area contributed by atoms with Gasteiger partial charge < -0.3 is 10.0 Å². The van der Waals surface area contributed by atoms with Gasteiger partial charge in [0.2, 0.25) is 15.9 Å². The summed E-state index contributed by atoms with van der Waals surface area (Å²) < 4.78 is 27.2. The minimum Gasteiger partial charge on any atom is -0.481 e. The van der Waals surface area contributed by atoms with Gasteiger partial charge in [-0.2, -0.15) is 4.31 Å². The van der Waals surface area contributed by atoms with E-state index in [1.165, 1.54) is 4.31 Å². The number of sulfonamides is 1. The van der Waals surface area contributed by atoms with E-state index in [-0.39, 0.29) is 23.9 Å². The van der Waals surface area contributed by atoms with Crippen LogP contribution in [0.1, 0.15) is 36.8 Å². The number of amides is 1. The maximum atomic E-state index is 12.9. The Balaban J connectivity index is 1.67. The molecule has 1 aliphatic heterocycles. The van der Waals surface area contributed by atoms with Gasteiger partial charge in [-0.05, 0) is 49.9 Å². The van der Waals surface area contributed by atoms with Crippen molar-refractivity contribution in [2.75, 3.05) is 26.2 Å². The summed E-state index contributed by atoms with van der Waals surface area (Å²) >= 11 is 0. The summed E-state index contributed by atoms with van der Waals surface area (Å²) in [4.78, 5) is 26.3. The Morgan fingerprint density at radius 1 is 0.964 bits per heavy atom. The maximum Gasteiger partial charge on any atom is 0.307 e. The van der Waals surface area contributed by atoms with E-state index < -0.39 is 27.8 Å². The Kier molecular flexibility index (Phi) is 6.09. The molecule has 0 unspecified atom stereocenters. The lowest BCUT2D eigenvalue weighted by molar-refractivity contribution is -0.152. The molecule has 7 nitrogen and oxygen atoms in total. The number of aliphatic carboxylic acids is 1. The predicted molar refractivity (Wildman–Crippen MR) is 104 cm³/mol. The van der Waals surface area contributed by atoms with Crippen molar-refractivity contribution in [2.45, 2.75) is 44.4 Å². The second kappa shape index (κ2) is 8.21. The van der Waals surface area contributed by atoms with Crippen LogP contribution in [0.3, 0.4) is 0 Å². The second-order valence-electron chi connectivity index (χ2n) is 7.81. The maximum absolute atomic E-state index is 12.9. The molecule has 1 heterocycles. The highest BCUT2D eigenvalue weighted by Gasteiger charge is 2.39. The Morgan fingerprint density at radius 3 is 2.14 bits per heavy atom. The number of carboxylic acid groups (broad SMARTS) is 1. The zero-order valence-corrected chi connectivity index (χ0v) is 17.2. The molecular formula is C20H28N2O5S. The molecule has 2 atom stereocenters. The van der Waals surface area contributed by atoms with E-state index in [4.69, 9.17) is 0 Å². The first-order chi connectivity index (χ1) is 13.2. The molecule has 0 radical (unpaired) electrons. The monoisotopic (exact) mass is 408 g/mol. The lowest BCUT2D eigenvalue weighted by Gasteiger charge is -2.38. The molecule has 8 heteroatoms. The molecule has 0 bridgehead atoms. The largest absolute Gasteiger partial charge is 0.481 e. The summed E-state index contributed by atoms with van der Waals surface area (Å²) in [6.45, 7) is 4.87. The zero-order chi connectivity index (χ0) is 20.5. The Morgan fingerprint density at radius 2 is 1.57 bits per heavy atom. The van der Waals surface area contributed by atoms with E-state index in [9.17, 15) is 23.1 Å². The second-order valence-corrected chi connectivity index (χ2v) is 9.75. The molecule has 1 aliphatic carbocycles. The van der Waals surface area contributed by atoms with Gasteiger partial charge in [-0.1, -0.05) is 18.9 Å². The van der Waals surface area contributed by atoms with Crippen LogP contribution in [0, 0.1) is 25.7 Å². The summed E-state index contributed by atoms with van der Waals surface area (Å²) in [6, 6.07) is 5.10. The number of carboxylic acids is 1. The van der Waals surface area contributed by atoms with E-state index in [1.807, 2.05) is 13.8 Å². The van der Waals surface area contributed by atoms with Crippen LogP contribution in [-0.2, 0) is 19.6 Å². The number of hydrogen-bond donors (Lipinski definition) is 1. The Bertz CT molecular complexity index is 859. The molecule has 1 saturated heterocycles. The van der Waals surface area contributed by atoms with Gasteiger partial charge in [-0.3, -0.25) is 9.59 Å². The van der Waals surface area contributed by atoms with Crippen LogP contribution in [0.2, 0.25) is 0 Å². The molecule has 1 N–H and O–H groups in total. The third-order valence-electron chi connectivity index (χ3n) is 6.07. The normalized spacial score (nSPS) is 24.1. The number of carbonyl (C=O) groups excluding carboxylic acids is 1. The number of rotatable bonds is 4. The molecule has 0 spiro atoms. The zero-order valence-electron chi connectivity index (χ0n) is 16.4. The first kappa shape index (κ1) is 20.8. The van der Waals surface area contributed by atoms with E-state index in [1.54, 1.807) is 23.1 Å². The van der Waals surface area contributed by atoms with Crippen molar-refractivity contribution < 1.29 is 23.1 Å². The number of nitrogens with zero attached hydrogens (tertiary/aromatic N) is 2. The van der Waals surface area contributed by atoms with Crippen molar-refractivity contribution in [3.63, 3.8) is 0 Å². The highest BCUT2D eigenvalue weighted by atomic mass is 32.2. The first-order valence-electron chi connectivity index (χ1n) is 9.81. The predicted octanol–water partition coefficient (Wildman–Crippen LogP) is 2.03. The van der Waals surface area contributed by atoms with E-state index in [0.717, 1.165) is 24.0 Å². The van der Waals surface area contributed by atoms with Crippen LogP contribution in [-0.4, -0.2) is 60.8 Å². The third kappa shape index (κ3) is 4.07. The van der Waals surface area contributed by atoms with Gasteiger partial charge in [-0.15, -0.1) is 0 Å². The van der Waals surface area contributed by atoms with Gasteiger partial charge in [0.15, 0.2) is 0 Å². The molecule has 2 aliphatic rings. The summed E-state index contributed by atoms with van der Waals surface area (Å²) in [6.07, 6.45) is 2.83. The molecular weight excluding hydrogens is 380 g/mol. The SMILES string of the molecule is Cc1ccc(S(=O)(=O)N2CCN(C(=O)[C@H]3CCCC[C@H]3C(=O)O)CC2)cc1C. The van der Waals surface area contributed by atoms with Gasteiger partial charge in [0.25, 0.3) is 0 Å². The van der Waals surface area contributed by atoms with Gasteiger partial charge in [0, 0.05) is 26.2 Å². The average Bonchev–Trinajstić information content (AvgIpc) is 2.69. The van der Waals surface area contributed by atoms with E-state index in [0.29, 0.717) is 25.9 Å². The van der Waals surface area contributed by atoms with Crippen LogP contribution in [0.5, 0.6) is 0 Å². The molecule has 0 aromatic heterocycles. The highest BCUT2D eigenvalue weighted by molar-refractivity contribution is 7.89. The minimum absolute atomic E-state index is 0.143. The fourth-order valence-corrected chi connectivity index (χ4v) is 5.64. The molecule has 2 fully saturated rings. The van der Waals surface area contributed by atoms with Crippen molar-refractivity contribution in [1.29, 1.82) is 0 Å². The molecule has 1 amide bonds. The van der Waals surface area contributed by atoms with Crippen molar-refractivity contribution in [1.82, 2.24) is 9.21 Å². The number of carbonyl (C=O) groups is 2. The van der Waals surface area contributed by atoms with Crippen LogP contribution in [0.4, 0.5) is 0 Å². The van der Waals surface area contributed by atoms with E-state index >= 15 is 0 Å². The molecule has 1 aromatic rings. The first-order valence-corrected chi connectivity index (χ1v) is 11.2. The van der Waals surface area contributed by atoms with Gasteiger partial charge >= 0.3 is 5.97 Å². The van der Waals surface area contributed by atoms with Crippen molar-refractivity contribution >= 4 is 21.9 Å². The van der Waals surface area contributed by atoms with E-state index in [2.05, 4.69) is 0 Å². The molecule has 3 rings (SSSR count). The molecule has 1 aromatic carbocycles. The topological polar surface area (TPSA) is 95.0 Å². The quantitative estimate of drug-likeness (QED) is 0.823. The summed E-state index contributed by atoms with van der Waals surface area (Å²) in [5, 5.41) is 9.41. The van der Waals surface area contributed by atoms with Crippen molar-refractivity contribution in [2.24, 2.45) is 11.8 Å². The fourth-order valence-electron chi connectivity index (χ4n) is 4.13. The molecule has 28 heavy (non-hydrogen) atoms. The third-order valence-corrected chi connectivity index (χ3v) is 7.96. The molecule has 1 saturated carbocycles. The number of piperazine rings is 1. The van der Waals surface area contributed by atoms with Crippen LogP contribution in [0.25, 0.3) is 0 Å². The average molecular weight is 409 g/mol. The van der Waals surface area contributed by atoms with Crippen LogP contribution >= 0.6 is 0 Å². The van der Waals surface area contributed by atoms with Gasteiger partial charge in [-0.25, -0.2) is 8.42 Å². The van der Waals surface area contributed by atoms with Gasteiger partial charge in [0.05, 0.1) is 16.7 Å². The summed E-state index contributed by atoms with van der Waals surface area (Å²) in [5.74, 6) is -2.17. The Hall–Kier alpha value is -1.93. The summed E-state index contributed by atoms with van der Waals surface area (Å²) in [5.41, 5.74) is 1.96. The number of hydrogen-bond acceptors (Lipinski definition) is 4. The van der Waals surface area contributed by atoms with Crippen LogP contribution < -0.4 is 0 Å². The molecule has 154 valence electrons. The summed E-state index contributed by atoms with van der Waals surface area (Å²) in [7, 11) is -3.60. The lowest BCUT2D eigenvalue weighted by atomic mass is 9.78.